The molecule has 2 aromatic carbocycles. The number of ether oxygens (including phenoxy) is 1. The smallest absolute Gasteiger partial charge is 0.317 e. The first-order valence-corrected chi connectivity index (χ1v) is 10.8. The van der Waals surface area contributed by atoms with Gasteiger partial charge in [-0.1, -0.05) is 6.07 Å². The van der Waals surface area contributed by atoms with Crippen LogP contribution in [-0.4, -0.2) is 58.5 Å². The van der Waals surface area contributed by atoms with E-state index in [0.717, 1.165) is 11.4 Å². The van der Waals surface area contributed by atoms with E-state index in [0.29, 0.717) is 44.4 Å². The molecule has 0 bridgehead atoms. The van der Waals surface area contributed by atoms with E-state index in [1.165, 1.54) is 18.2 Å². The van der Waals surface area contributed by atoms with Crippen molar-refractivity contribution in [1.82, 2.24) is 25.0 Å². The summed E-state index contributed by atoms with van der Waals surface area (Å²) in [5.41, 5.74) is 1.64. The summed E-state index contributed by atoms with van der Waals surface area (Å²) in [6.07, 6.45) is 1.65. The zero-order valence-electron chi connectivity index (χ0n) is 18.6. The molecule has 4 rings (SSSR count). The van der Waals surface area contributed by atoms with Crippen LogP contribution in [0.2, 0.25) is 0 Å². The fourth-order valence-electron chi connectivity index (χ4n) is 3.77. The lowest BCUT2D eigenvalue weighted by Gasteiger charge is -2.36. The highest BCUT2D eigenvalue weighted by Gasteiger charge is 2.23. The molecule has 0 aliphatic carbocycles. The third kappa shape index (κ3) is 5.05. The minimum atomic E-state index is -0.672. The Morgan fingerprint density at radius 2 is 1.85 bits per heavy atom. The molecule has 0 unspecified atom stereocenters. The van der Waals surface area contributed by atoms with Crippen LogP contribution in [0.15, 0.2) is 42.7 Å². The van der Waals surface area contributed by atoms with Gasteiger partial charge in [-0.3, -0.25) is 0 Å². The average molecular weight is 456 g/mol. The van der Waals surface area contributed by atoms with Crippen molar-refractivity contribution in [2.75, 3.05) is 37.7 Å². The molecule has 2 heterocycles. The Morgan fingerprint density at radius 1 is 1.12 bits per heavy atom. The second-order valence-electron chi connectivity index (χ2n) is 7.65. The molecule has 0 spiro atoms. The maximum absolute atomic E-state index is 13.8. The number of halogens is 2. The number of aromatic nitrogens is 3. The number of piperazine rings is 1. The number of anilines is 1. The van der Waals surface area contributed by atoms with Crippen molar-refractivity contribution in [2.45, 2.75) is 20.4 Å². The molecule has 1 N–H and O–H groups in total. The molecule has 1 fully saturated rings. The molecule has 3 aromatic rings. The standard InChI is InChI=1S/C23H26F2N6O2/c1-3-33-22-13-17(7-8-21(22)31-15-27-16(2)28-31)29-9-11-30(12-10-29)23(32)26-14-18-19(24)5-4-6-20(18)25/h4-8,13,15H,3,9-12,14H2,1-2H3,(H,26,32). The van der Waals surface area contributed by atoms with Gasteiger partial charge in [-0.15, -0.1) is 0 Å². The van der Waals surface area contributed by atoms with Gasteiger partial charge in [0.2, 0.25) is 0 Å². The van der Waals surface area contributed by atoms with Crippen LogP contribution in [0, 0.1) is 18.6 Å². The second-order valence-corrected chi connectivity index (χ2v) is 7.65. The molecule has 0 radical (unpaired) electrons. The first-order valence-electron chi connectivity index (χ1n) is 10.8. The minimum absolute atomic E-state index is 0.143. The molecule has 0 saturated carbocycles. The van der Waals surface area contributed by atoms with Crippen molar-refractivity contribution in [2.24, 2.45) is 0 Å². The number of carbonyl (C=O) groups is 1. The van der Waals surface area contributed by atoms with Crippen LogP contribution >= 0.6 is 0 Å². The first-order chi connectivity index (χ1) is 16.0. The van der Waals surface area contributed by atoms with E-state index in [2.05, 4.69) is 20.3 Å². The van der Waals surface area contributed by atoms with Gasteiger partial charge in [0.25, 0.3) is 0 Å². The third-order valence-electron chi connectivity index (χ3n) is 5.51. The Kier molecular flexibility index (Phi) is 6.71. The fourth-order valence-corrected chi connectivity index (χ4v) is 3.77. The summed E-state index contributed by atoms with van der Waals surface area (Å²) in [6, 6.07) is 9.20. The molecule has 1 aromatic heterocycles. The molecular weight excluding hydrogens is 430 g/mol. The zero-order chi connectivity index (χ0) is 23.4. The Morgan fingerprint density at radius 3 is 2.48 bits per heavy atom. The van der Waals surface area contributed by atoms with Crippen LogP contribution in [-0.2, 0) is 6.54 Å². The van der Waals surface area contributed by atoms with Gasteiger partial charge in [-0.05, 0) is 38.1 Å². The average Bonchev–Trinajstić information content (AvgIpc) is 3.25. The van der Waals surface area contributed by atoms with Crippen LogP contribution in [0.25, 0.3) is 5.69 Å². The van der Waals surface area contributed by atoms with Crippen molar-refractivity contribution in [1.29, 1.82) is 0 Å². The maximum atomic E-state index is 13.8. The number of amides is 2. The number of nitrogens with zero attached hydrogens (tertiary/aromatic N) is 5. The number of benzene rings is 2. The highest BCUT2D eigenvalue weighted by atomic mass is 19.1. The van der Waals surface area contributed by atoms with Gasteiger partial charge in [0, 0.05) is 43.5 Å². The van der Waals surface area contributed by atoms with Crippen molar-refractivity contribution in [3.05, 3.63) is 65.7 Å². The maximum Gasteiger partial charge on any atom is 0.317 e. The van der Waals surface area contributed by atoms with Crippen LogP contribution in [0.1, 0.15) is 18.3 Å². The molecule has 8 nitrogen and oxygen atoms in total. The summed E-state index contributed by atoms with van der Waals surface area (Å²) in [7, 11) is 0. The molecule has 1 aliphatic heterocycles. The van der Waals surface area contributed by atoms with E-state index in [9.17, 15) is 13.6 Å². The van der Waals surface area contributed by atoms with Crippen molar-refractivity contribution in [3.8, 4) is 11.4 Å². The molecule has 2 amide bonds. The summed E-state index contributed by atoms with van der Waals surface area (Å²) >= 11 is 0. The van der Waals surface area contributed by atoms with E-state index in [1.54, 1.807) is 15.9 Å². The summed E-state index contributed by atoms with van der Waals surface area (Å²) < 4.78 is 35.1. The van der Waals surface area contributed by atoms with Crippen LogP contribution in [0.3, 0.4) is 0 Å². The van der Waals surface area contributed by atoms with Crippen LogP contribution < -0.4 is 15.0 Å². The van der Waals surface area contributed by atoms with Gasteiger partial charge in [0.15, 0.2) is 0 Å². The Hall–Kier alpha value is -3.69. The van der Waals surface area contributed by atoms with E-state index in [1.807, 2.05) is 32.0 Å². The first kappa shape index (κ1) is 22.5. The third-order valence-corrected chi connectivity index (χ3v) is 5.51. The Labute approximate surface area is 190 Å². The predicted octanol–water partition coefficient (Wildman–Crippen LogP) is 3.28. The van der Waals surface area contributed by atoms with E-state index >= 15 is 0 Å². The van der Waals surface area contributed by atoms with Crippen molar-refractivity contribution >= 4 is 11.7 Å². The van der Waals surface area contributed by atoms with E-state index in [-0.39, 0.29) is 18.1 Å². The number of urea groups is 1. The van der Waals surface area contributed by atoms with Crippen molar-refractivity contribution in [3.63, 3.8) is 0 Å². The largest absolute Gasteiger partial charge is 0.492 e. The Bertz CT molecular complexity index is 1110. The minimum Gasteiger partial charge on any atom is -0.492 e. The van der Waals surface area contributed by atoms with Crippen molar-refractivity contribution < 1.29 is 18.3 Å². The SMILES string of the molecule is CCOc1cc(N2CCN(C(=O)NCc3c(F)cccc3F)CC2)ccc1-n1cnc(C)n1. The summed E-state index contributed by atoms with van der Waals surface area (Å²) in [6.45, 7) is 6.28. The van der Waals surface area contributed by atoms with Gasteiger partial charge >= 0.3 is 6.03 Å². The van der Waals surface area contributed by atoms with Crippen LogP contribution in [0.5, 0.6) is 5.75 Å². The van der Waals surface area contributed by atoms with Gasteiger partial charge in [-0.2, -0.15) is 5.10 Å². The molecule has 0 atom stereocenters. The van der Waals surface area contributed by atoms with Gasteiger partial charge in [0.1, 0.15) is 35.2 Å². The lowest BCUT2D eigenvalue weighted by atomic mass is 10.2. The highest BCUT2D eigenvalue weighted by Crippen LogP contribution is 2.29. The predicted molar refractivity (Wildman–Crippen MR) is 120 cm³/mol. The van der Waals surface area contributed by atoms with Crippen LogP contribution in [0.4, 0.5) is 19.3 Å². The normalized spacial score (nSPS) is 13.8. The molecule has 174 valence electrons. The fraction of sp³-hybridized carbons (Fsp3) is 0.348. The number of hydrogen-bond donors (Lipinski definition) is 1. The quantitative estimate of drug-likeness (QED) is 0.616. The summed E-state index contributed by atoms with van der Waals surface area (Å²) in [5.74, 6) is 0.0325. The van der Waals surface area contributed by atoms with Gasteiger partial charge in [-0.25, -0.2) is 23.2 Å². The topological polar surface area (TPSA) is 75.5 Å². The summed E-state index contributed by atoms with van der Waals surface area (Å²) in [4.78, 5) is 20.5. The second kappa shape index (κ2) is 9.85. The van der Waals surface area contributed by atoms with E-state index < -0.39 is 11.6 Å². The number of nitrogens with one attached hydrogen (secondary N) is 1. The lowest BCUT2D eigenvalue weighted by molar-refractivity contribution is 0.193. The summed E-state index contributed by atoms with van der Waals surface area (Å²) in [5, 5.41) is 6.97. The van der Waals surface area contributed by atoms with Gasteiger partial charge < -0.3 is 19.9 Å². The number of aryl methyl sites for hydroxylation is 1. The number of carbonyl (C=O) groups excluding carboxylic acids is 1. The lowest BCUT2D eigenvalue weighted by Crippen LogP contribution is -2.51. The molecule has 1 saturated heterocycles. The number of rotatable bonds is 6. The Balaban J connectivity index is 1.38. The van der Waals surface area contributed by atoms with E-state index in [4.69, 9.17) is 4.74 Å². The highest BCUT2D eigenvalue weighted by molar-refractivity contribution is 5.74. The molecule has 1 aliphatic rings. The molecule has 10 heteroatoms. The monoisotopic (exact) mass is 456 g/mol. The number of hydrogen-bond acceptors (Lipinski definition) is 5. The molecular formula is C23H26F2N6O2. The zero-order valence-corrected chi connectivity index (χ0v) is 18.6. The molecule has 33 heavy (non-hydrogen) atoms. The van der Waals surface area contributed by atoms with Gasteiger partial charge in [0.05, 0.1) is 13.2 Å².